The number of carbonyl (C=O) groups excluding carboxylic acids is 2. The first-order valence-corrected chi connectivity index (χ1v) is 8.95. The van der Waals surface area contributed by atoms with Gasteiger partial charge in [-0.1, -0.05) is 23.7 Å². The van der Waals surface area contributed by atoms with E-state index in [4.69, 9.17) is 17.3 Å². The Hall–Kier alpha value is -2.40. The van der Waals surface area contributed by atoms with E-state index in [1.54, 1.807) is 4.90 Å². The molecule has 2 N–H and O–H groups in total. The summed E-state index contributed by atoms with van der Waals surface area (Å²) in [6.07, 6.45) is 2.62. The normalized spacial score (nSPS) is 15.1. The molecule has 0 spiro atoms. The van der Waals surface area contributed by atoms with Crippen molar-refractivity contribution < 1.29 is 14.0 Å². The summed E-state index contributed by atoms with van der Waals surface area (Å²) >= 11 is 6.13. The number of likely N-dealkylation sites (tertiary alicyclic amines) is 1. The van der Waals surface area contributed by atoms with E-state index >= 15 is 0 Å². The van der Waals surface area contributed by atoms with Crippen molar-refractivity contribution in [1.82, 2.24) is 4.90 Å². The van der Waals surface area contributed by atoms with Crippen LogP contribution in [0.4, 0.5) is 4.39 Å². The number of nitrogens with zero attached hydrogens (tertiary/aromatic N) is 1. The Morgan fingerprint density at radius 1 is 1.12 bits per heavy atom. The molecule has 0 bridgehead atoms. The number of primary amides is 1. The van der Waals surface area contributed by atoms with Gasteiger partial charge in [-0.3, -0.25) is 9.59 Å². The Labute approximate surface area is 156 Å². The zero-order valence-corrected chi connectivity index (χ0v) is 15.0. The molecule has 136 valence electrons. The lowest BCUT2D eigenvalue weighted by Gasteiger charge is -2.32. The van der Waals surface area contributed by atoms with Crippen LogP contribution in [-0.2, 0) is 6.42 Å². The number of hydrogen-bond acceptors (Lipinski definition) is 2. The monoisotopic (exact) mass is 374 g/mol. The van der Waals surface area contributed by atoms with Crippen LogP contribution in [0.5, 0.6) is 0 Å². The highest BCUT2D eigenvalue weighted by Gasteiger charge is 2.25. The van der Waals surface area contributed by atoms with Crippen molar-refractivity contribution in [3.8, 4) is 0 Å². The lowest BCUT2D eigenvalue weighted by atomic mass is 9.90. The summed E-state index contributed by atoms with van der Waals surface area (Å²) in [7, 11) is 0. The Morgan fingerprint density at radius 2 is 1.77 bits per heavy atom. The van der Waals surface area contributed by atoms with E-state index in [0.29, 0.717) is 29.6 Å². The SMILES string of the molecule is NC(=O)c1ccc(Cl)c(C(=O)N2CCC(Cc3ccc(F)cc3)CC2)c1. The van der Waals surface area contributed by atoms with Crippen molar-refractivity contribution in [1.29, 1.82) is 0 Å². The van der Waals surface area contributed by atoms with E-state index in [0.717, 1.165) is 24.8 Å². The van der Waals surface area contributed by atoms with Crippen LogP contribution in [-0.4, -0.2) is 29.8 Å². The van der Waals surface area contributed by atoms with Crippen molar-refractivity contribution in [3.63, 3.8) is 0 Å². The predicted octanol–water partition coefficient (Wildman–Crippen LogP) is 3.67. The Balaban J connectivity index is 1.62. The molecule has 4 nitrogen and oxygen atoms in total. The quantitative estimate of drug-likeness (QED) is 0.887. The van der Waals surface area contributed by atoms with Gasteiger partial charge in [-0.05, 0) is 61.1 Å². The van der Waals surface area contributed by atoms with E-state index < -0.39 is 5.91 Å². The Kier molecular flexibility index (Phi) is 5.57. The molecular weight excluding hydrogens is 355 g/mol. The summed E-state index contributed by atoms with van der Waals surface area (Å²) in [6, 6.07) is 11.1. The van der Waals surface area contributed by atoms with E-state index in [-0.39, 0.29) is 17.3 Å². The first-order chi connectivity index (χ1) is 12.4. The maximum atomic E-state index is 13.0. The molecule has 1 saturated heterocycles. The van der Waals surface area contributed by atoms with Gasteiger partial charge in [0.2, 0.25) is 5.91 Å². The fourth-order valence-corrected chi connectivity index (χ4v) is 3.51. The molecule has 6 heteroatoms. The number of hydrogen-bond donors (Lipinski definition) is 1. The molecule has 0 atom stereocenters. The van der Waals surface area contributed by atoms with Crippen LogP contribution in [0.15, 0.2) is 42.5 Å². The van der Waals surface area contributed by atoms with E-state index in [9.17, 15) is 14.0 Å². The fraction of sp³-hybridized carbons (Fsp3) is 0.300. The van der Waals surface area contributed by atoms with Crippen molar-refractivity contribution in [2.45, 2.75) is 19.3 Å². The first-order valence-electron chi connectivity index (χ1n) is 8.57. The fourth-order valence-electron chi connectivity index (χ4n) is 3.31. The van der Waals surface area contributed by atoms with Crippen LogP contribution in [0.25, 0.3) is 0 Å². The number of carbonyl (C=O) groups is 2. The number of rotatable bonds is 4. The highest BCUT2D eigenvalue weighted by atomic mass is 35.5. The molecule has 0 saturated carbocycles. The summed E-state index contributed by atoms with van der Waals surface area (Å²) in [6.45, 7) is 1.25. The molecule has 0 radical (unpaired) electrons. The third-order valence-electron chi connectivity index (χ3n) is 4.82. The maximum Gasteiger partial charge on any atom is 0.255 e. The minimum atomic E-state index is -0.589. The highest BCUT2D eigenvalue weighted by molar-refractivity contribution is 6.34. The molecular formula is C20H20ClFN2O2. The van der Waals surface area contributed by atoms with E-state index in [1.807, 2.05) is 12.1 Å². The Morgan fingerprint density at radius 3 is 2.38 bits per heavy atom. The highest BCUT2D eigenvalue weighted by Crippen LogP contribution is 2.25. The maximum absolute atomic E-state index is 13.0. The van der Waals surface area contributed by atoms with Crippen molar-refractivity contribution >= 4 is 23.4 Å². The molecule has 1 heterocycles. The minimum absolute atomic E-state index is 0.182. The number of benzene rings is 2. The standard InChI is InChI=1S/C20H20ClFN2O2/c21-18-6-3-15(19(23)25)12-17(18)20(26)24-9-7-14(8-10-24)11-13-1-4-16(22)5-2-13/h1-6,12,14H,7-11H2,(H2,23,25). The average molecular weight is 375 g/mol. The van der Waals surface area contributed by atoms with Gasteiger partial charge in [-0.15, -0.1) is 0 Å². The van der Waals surface area contributed by atoms with Crippen molar-refractivity contribution in [2.24, 2.45) is 11.7 Å². The molecule has 1 aliphatic rings. The summed E-state index contributed by atoms with van der Waals surface area (Å²) in [5.74, 6) is -0.548. The second-order valence-corrected chi connectivity index (χ2v) is 7.03. The van der Waals surface area contributed by atoms with Gasteiger partial charge < -0.3 is 10.6 Å². The molecule has 1 aliphatic heterocycles. The van der Waals surface area contributed by atoms with Gasteiger partial charge >= 0.3 is 0 Å². The molecule has 0 aliphatic carbocycles. The molecule has 26 heavy (non-hydrogen) atoms. The molecule has 1 fully saturated rings. The van der Waals surface area contributed by atoms with Crippen LogP contribution in [0.1, 0.15) is 39.1 Å². The van der Waals surface area contributed by atoms with Gasteiger partial charge in [0.15, 0.2) is 0 Å². The largest absolute Gasteiger partial charge is 0.366 e. The van der Waals surface area contributed by atoms with Crippen LogP contribution in [0.3, 0.4) is 0 Å². The molecule has 3 rings (SSSR count). The van der Waals surface area contributed by atoms with E-state index in [1.165, 1.54) is 30.3 Å². The van der Waals surface area contributed by atoms with Gasteiger partial charge in [-0.2, -0.15) is 0 Å². The van der Waals surface area contributed by atoms with Crippen LogP contribution >= 0.6 is 11.6 Å². The molecule has 0 unspecified atom stereocenters. The average Bonchev–Trinajstić information content (AvgIpc) is 2.64. The van der Waals surface area contributed by atoms with Crippen LogP contribution in [0, 0.1) is 11.7 Å². The van der Waals surface area contributed by atoms with Gasteiger partial charge in [0.1, 0.15) is 5.82 Å². The van der Waals surface area contributed by atoms with Gasteiger partial charge in [0, 0.05) is 18.7 Å². The third kappa shape index (κ3) is 4.22. The topological polar surface area (TPSA) is 63.4 Å². The molecule has 2 aromatic carbocycles. The summed E-state index contributed by atoms with van der Waals surface area (Å²) < 4.78 is 13.0. The smallest absolute Gasteiger partial charge is 0.255 e. The van der Waals surface area contributed by atoms with Gasteiger partial charge in [-0.25, -0.2) is 4.39 Å². The zero-order chi connectivity index (χ0) is 18.7. The molecule has 0 aromatic heterocycles. The predicted molar refractivity (Wildman–Crippen MR) is 98.7 cm³/mol. The van der Waals surface area contributed by atoms with Crippen molar-refractivity contribution in [2.75, 3.05) is 13.1 Å². The third-order valence-corrected chi connectivity index (χ3v) is 5.15. The van der Waals surface area contributed by atoms with Crippen LogP contribution in [0.2, 0.25) is 5.02 Å². The number of amides is 2. The molecule has 2 amide bonds. The van der Waals surface area contributed by atoms with Gasteiger partial charge in [0.25, 0.3) is 5.91 Å². The summed E-state index contributed by atoms with van der Waals surface area (Å²) in [5.41, 5.74) is 6.96. The minimum Gasteiger partial charge on any atom is -0.366 e. The first kappa shape index (κ1) is 18.4. The number of piperidine rings is 1. The number of halogens is 2. The lowest BCUT2D eigenvalue weighted by Crippen LogP contribution is -2.39. The second kappa shape index (κ2) is 7.87. The number of nitrogens with two attached hydrogens (primary N) is 1. The summed E-state index contributed by atoms with van der Waals surface area (Å²) in [5, 5.41) is 0.313. The second-order valence-electron chi connectivity index (χ2n) is 6.63. The Bertz CT molecular complexity index is 815. The zero-order valence-electron chi connectivity index (χ0n) is 14.3. The lowest BCUT2D eigenvalue weighted by molar-refractivity contribution is 0.0690. The van der Waals surface area contributed by atoms with Crippen LogP contribution < -0.4 is 5.73 Å². The van der Waals surface area contributed by atoms with Crippen molar-refractivity contribution in [3.05, 3.63) is 70.0 Å². The van der Waals surface area contributed by atoms with Gasteiger partial charge in [0.05, 0.1) is 10.6 Å². The summed E-state index contributed by atoms with van der Waals surface area (Å²) in [4.78, 5) is 25.8. The van der Waals surface area contributed by atoms with E-state index in [2.05, 4.69) is 0 Å². The molecule has 2 aromatic rings.